The van der Waals surface area contributed by atoms with E-state index >= 15 is 0 Å². The number of hydrogen-bond donors (Lipinski definition) is 2. The first-order valence-corrected chi connectivity index (χ1v) is 11.0. The van der Waals surface area contributed by atoms with Gasteiger partial charge < -0.3 is 19.7 Å². The number of carbonyl (C=O) groups is 1. The normalized spacial score (nSPS) is 11.7. The first kappa shape index (κ1) is 22.7. The predicted molar refractivity (Wildman–Crippen MR) is 122 cm³/mol. The van der Waals surface area contributed by atoms with Gasteiger partial charge in [-0.05, 0) is 60.4 Å². The van der Waals surface area contributed by atoms with E-state index in [9.17, 15) is 9.90 Å². The number of benzene rings is 3. The molecule has 1 unspecified atom stereocenters. The Morgan fingerprint density at radius 1 is 1.00 bits per heavy atom. The van der Waals surface area contributed by atoms with Crippen molar-refractivity contribution >= 4 is 17.7 Å². The van der Waals surface area contributed by atoms with E-state index in [1.807, 2.05) is 54.6 Å². The van der Waals surface area contributed by atoms with Crippen LogP contribution in [-0.4, -0.2) is 29.9 Å². The number of aryl methyl sites for hydroxylation is 1. The van der Waals surface area contributed by atoms with E-state index in [2.05, 4.69) is 12.1 Å². The van der Waals surface area contributed by atoms with Crippen LogP contribution in [0.25, 0.3) is 0 Å². The summed E-state index contributed by atoms with van der Waals surface area (Å²) < 4.78 is 11.4. The molecule has 0 aromatic heterocycles. The van der Waals surface area contributed by atoms with Gasteiger partial charge in [-0.3, -0.25) is 4.79 Å². The van der Waals surface area contributed by atoms with E-state index in [1.54, 1.807) is 24.9 Å². The second kappa shape index (κ2) is 11.4. The summed E-state index contributed by atoms with van der Waals surface area (Å²) in [5, 5.41) is 18.5. The largest absolute Gasteiger partial charge is 0.493 e. The maximum absolute atomic E-state index is 10.8. The summed E-state index contributed by atoms with van der Waals surface area (Å²) >= 11 is 1.72. The third-order valence-corrected chi connectivity index (χ3v) is 6.08. The van der Waals surface area contributed by atoms with Gasteiger partial charge in [0.25, 0.3) is 0 Å². The summed E-state index contributed by atoms with van der Waals surface area (Å²) in [6, 6.07) is 23.4. The zero-order valence-electron chi connectivity index (χ0n) is 17.4. The van der Waals surface area contributed by atoms with Crippen molar-refractivity contribution in [3.8, 4) is 17.2 Å². The van der Waals surface area contributed by atoms with Gasteiger partial charge in [-0.25, -0.2) is 0 Å². The van der Waals surface area contributed by atoms with Crippen molar-refractivity contribution in [2.45, 2.75) is 29.4 Å². The Balaban J connectivity index is 1.74. The van der Waals surface area contributed by atoms with Crippen LogP contribution in [-0.2, 0) is 11.2 Å². The highest BCUT2D eigenvalue weighted by Gasteiger charge is 2.14. The molecule has 0 amide bonds. The molecule has 2 N–H and O–H groups in total. The molecule has 3 rings (SSSR count). The molecular formula is C25H26O5S. The molecule has 0 bridgehead atoms. The smallest absolute Gasteiger partial charge is 0.303 e. The highest BCUT2D eigenvalue weighted by atomic mass is 32.2. The van der Waals surface area contributed by atoms with Gasteiger partial charge in [0.15, 0.2) is 11.5 Å². The molecule has 6 heteroatoms. The molecule has 0 fully saturated rings. The predicted octanol–water partition coefficient (Wildman–Crippen LogP) is 5.72. The summed E-state index contributed by atoms with van der Waals surface area (Å²) in [4.78, 5) is 12.0. The Kier molecular flexibility index (Phi) is 8.38. The van der Waals surface area contributed by atoms with E-state index in [-0.39, 0.29) is 18.3 Å². The molecule has 1 atom stereocenters. The number of thioether (sulfide) groups is 1. The van der Waals surface area contributed by atoms with Crippen LogP contribution < -0.4 is 9.47 Å². The first-order chi connectivity index (χ1) is 15.1. The molecule has 0 aliphatic rings. The second-order valence-electron chi connectivity index (χ2n) is 6.98. The molecule has 162 valence electrons. The van der Waals surface area contributed by atoms with Crippen LogP contribution in [0.2, 0.25) is 0 Å². The quantitative estimate of drug-likeness (QED) is 0.373. The van der Waals surface area contributed by atoms with Crippen molar-refractivity contribution < 1.29 is 24.5 Å². The lowest BCUT2D eigenvalue weighted by Gasteiger charge is -2.17. The lowest BCUT2D eigenvalue weighted by Crippen LogP contribution is -1.99. The number of carboxylic acid groups (broad SMARTS) is 1. The summed E-state index contributed by atoms with van der Waals surface area (Å²) in [5.74, 6) is 0.953. The Morgan fingerprint density at radius 2 is 1.74 bits per heavy atom. The fourth-order valence-corrected chi connectivity index (χ4v) is 4.32. The van der Waals surface area contributed by atoms with Gasteiger partial charge in [0.1, 0.15) is 5.75 Å². The molecule has 0 radical (unpaired) electrons. The van der Waals surface area contributed by atoms with Crippen molar-refractivity contribution in [1.82, 2.24) is 0 Å². The molecule has 0 spiro atoms. The van der Waals surface area contributed by atoms with Crippen molar-refractivity contribution in [1.29, 1.82) is 0 Å². The lowest BCUT2D eigenvalue weighted by atomic mass is 10.1. The van der Waals surface area contributed by atoms with Crippen molar-refractivity contribution in [2.75, 3.05) is 13.7 Å². The van der Waals surface area contributed by atoms with Gasteiger partial charge in [-0.1, -0.05) is 36.4 Å². The number of hydrogen-bond acceptors (Lipinski definition) is 5. The van der Waals surface area contributed by atoms with Gasteiger partial charge in [0.05, 0.1) is 7.11 Å². The Labute approximate surface area is 186 Å². The Bertz CT molecular complexity index is 973. The third kappa shape index (κ3) is 6.77. The van der Waals surface area contributed by atoms with Crippen LogP contribution >= 0.6 is 11.8 Å². The van der Waals surface area contributed by atoms with E-state index < -0.39 is 5.97 Å². The van der Waals surface area contributed by atoms with E-state index in [4.69, 9.17) is 14.6 Å². The maximum Gasteiger partial charge on any atom is 0.303 e. The molecule has 5 nitrogen and oxygen atoms in total. The molecular weight excluding hydrogens is 412 g/mol. The Hall–Kier alpha value is -2.96. The highest BCUT2D eigenvalue weighted by Crippen LogP contribution is 2.39. The fourth-order valence-electron chi connectivity index (χ4n) is 3.16. The summed E-state index contributed by atoms with van der Waals surface area (Å²) in [7, 11) is 1.57. The van der Waals surface area contributed by atoms with Crippen molar-refractivity contribution in [3.05, 3.63) is 83.9 Å². The first-order valence-electron chi connectivity index (χ1n) is 10.1. The molecule has 31 heavy (non-hydrogen) atoms. The van der Waals surface area contributed by atoms with Crippen LogP contribution in [0.15, 0.2) is 77.7 Å². The van der Waals surface area contributed by atoms with Crippen LogP contribution in [0.4, 0.5) is 0 Å². The highest BCUT2D eigenvalue weighted by molar-refractivity contribution is 7.99. The average Bonchev–Trinajstić information content (AvgIpc) is 2.79. The topological polar surface area (TPSA) is 76.0 Å². The molecule has 0 heterocycles. The van der Waals surface area contributed by atoms with Crippen molar-refractivity contribution in [2.24, 2.45) is 0 Å². The van der Waals surface area contributed by atoms with Gasteiger partial charge in [-0.15, -0.1) is 11.8 Å². The SMILES string of the molecule is COc1ccc(CCC(=O)O)cc1Oc1ccc(C(CCO)Sc2ccccc2)cc1. The van der Waals surface area contributed by atoms with Gasteiger partial charge in [-0.2, -0.15) is 0 Å². The molecule has 0 aliphatic heterocycles. The summed E-state index contributed by atoms with van der Waals surface area (Å²) in [6.45, 7) is 0.114. The third-order valence-electron chi connectivity index (χ3n) is 4.75. The number of aliphatic hydroxyl groups excluding tert-OH is 1. The number of aliphatic hydroxyl groups is 1. The van der Waals surface area contributed by atoms with Crippen molar-refractivity contribution in [3.63, 3.8) is 0 Å². The monoisotopic (exact) mass is 438 g/mol. The molecule has 0 saturated carbocycles. The van der Waals surface area contributed by atoms with Crippen LogP contribution in [0.3, 0.4) is 0 Å². The van der Waals surface area contributed by atoms with Crippen LogP contribution in [0.5, 0.6) is 17.2 Å². The van der Waals surface area contributed by atoms with E-state index in [0.29, 0.717) is 30.1 Å². The maximum atomic E-state index is 10.8. The fraction of sp³-hybridized carbons (Fsp3) is 0.240. The molecule has 0 saturated heterocycles. The Morgan fingerprint density at radius 3 is 2.39 bits per heavy atom. The van der Waals surface area contributed by atoms with Gasteiger partial charge >= 0.3 is 5.97 Å². The minimum atomic E-state index is -0.834. The number of aliphatic carboxylic acids is 1. The van der Waals surface area contributed by atoms with Crippen LogP contribution in [0.1, 0.15) is 29.2 Å². The van der Waals surface area contributed by atoms with Gasteiger partial charge in [0, 0.05) is 23.2 Å². The number of methoxy groups -OCH3 is 1. The van der Waals surface area contributed by atoms with Crippen LogP contribution in [0, 0.1) is 0 Å². The van der Waals surface area contributed by atoms with E-state index in [1.165, 1.54) is 0 Å². The molecule has 3 aromatic rings. The lowest BCUT2D eigenvalue weighted by molar-refractivity contribution is -0.136. The zero-order chi connectivity index (χ0) is 22.1. The minimum absolute atomic E-state index is 0.0613. The minimum Gasteiger partial charge on any atom is -0.493 e. The van der Waals surface area contributed by atoms with E-state index in [0.717, 1.165) is 16.0 Å². The number of ether oxygens (including phenoxy) is 2. The molecule has 0 aliphatic carbocycles. The summed E-state index contributed by atoms with van der Waals surface area (Å²) in [6.07, 6.45) is 1.14. The summed E-state index contributed by atoms with van der Waals surface area (Å²) in [5.41, 5.74) is 1.98. The average molecular weight is 439 g/mol. The zero-order valence-corrected chi connectivity index (χ0v) is 18.2. The number of carboxylic acids is 1. The molecule has 3 aromatic carbocycles. The standard InChI is InChI=1S/C25H26O5S/c1-29-22-13-7-18(8-14-25(27)28)17-23(22)30-20-11-9-19(10-12-20)24(15-16-26)31-21-5-3-2-4-6-21/h2-7,9-13,17,24,26H,8,14-16H2,1H3,(H,27,28). The second-order valence-corrected chi connectivity index (χ2v) is 8.26. The van der Waals surface area contributed by atoms with Gasteiger partial charge in [0.2, 0.25) is 0 Å². The number of rotatable bonds is 11.